The zero-order valence-electron chi connectivity index (χ0n) is 15.0. The minimum Gasteiger partial charge on any atom is -0.493 e. The quantitative estimate of drug-likeness (QED) is 0.632. The van der Waals surface area contributed by atoms with Crippen LogP contribution in [0.5, 0.6) is 11.5 Å². The molecule has 0 spiro atoms. The van der Waals surface area contributed by atoms with Crippen molar-refractivity contribution in [2.45, 2.75) is 33.6 Å². The van der Waals surface area contributed by atoms with Gasteiger partial charge in [-0.25, -0.2) is 0 Å². The first-order valence-electron chi connectivity index (χ1n) is 8.17. The van der Waals surface area contributed by atoms with Crippen LogP contribution in [-0.2, 0) is 0 Å². The molecule has 0 N–H and O–H groups in total. The number of benzene rings is 2. The van der Waals surface area contributed by atoms with Gasteiger partial charge < -0.3 is 9.47 Å². The second-order valence-electron chi connectivity index (χ2n) is 6.82. The summed E-state index contributed by atoms with van der Waals surface area (Å²) in [6.45, 7) is 6.63. The summed E-state index contributed by atoms with van der Waals surface area (Å²) in [6.07, 6.45) is -4.09. The lowest BCUT2D eigenvalue weighted by atomic mass is 9.90. The Morgan fingerprint density at radius 3 is 2.27 bits per heavy atom. The van der Waals surface area contributed by atoms with E-state index < -0.39 is 6.36 Å². The third kappa shape index (κ3) is 7.10. The molecule has 0 radical (unpaired) electrons. The topological polar surface area (TPSA) is 18.5 Å². The molecule has 0 bridgehead atoms. The Bertz CT molecular complexity index is 781. The molecule has 0 fully saturated rings. The van der Waals surface area contributed by atoms with Crippen molar-refractivity contribution in [3.8, 4) is 23.3 Å². The van der Waals surface area contributed by atoms with Gasteiger partial charge in [0.05, 0.1) is 6.61 Å². The summed E-state index contributed by atoms with van der Waals surface area (Å²) in [7, 11) is 0. The van der Waals surface area contributed by atoms with E-state index in [2.05, 4.69) is 30.4 Å². The molecule has 2 rings (SSSR count). The molecule has 0 atom stereocenters. The van der Waals surface area contributed by atoms with Crippen LogP contribution < -0.4 is 9.47 Å². The van der Waals surface area contributed by atoms with Gasteiger partial charge in [0.15, 0.2) is 0 Å². The van der Waals surface area contributed by atoms with Crippen molar-refractivity contribution in [3.63, 3.8) is 0 Å². The predicted molar refractivity (Wildman–Crippen MR) is 95.1 cm³/mol. The lowest BCUT2D eigenvalue weighted by molar-refractivity contribution is -0.274. The van der Waals surface area contributed by atoms with Gasteiger partial charge >= 0.3 is 6.36 Å². The smallest absolute Gasteiger partial charge is 0.493 e. The van der Waals surface area contributed by atoms with E-state index in [1.807, 2.05) is 31.2 Å². The minimum absolute atomic E-state index is 0.157. The number of alkyl halides is 3. The molecule has 2 nitrogen and oxygen atoms in total. The highest BCUT2D eigenvalue weighted by Crippen LogP contribution is 2.24. The molecule has 0 saturated heterocycles. The average molecular weight is 362 g/mol. The molecule has 0 aliphatic heterocycles. The SMILES string of the molecule is Cc1cccc(OCC(C)(C)CC#Cc2ccc(OC(F)(F)F)cc2)c1. The molecule has 0 heterocycles. The van der Waals surface area contributed by atoms with Crippen LogP contribution in [0, 0.1) is 24.2 Å². The lowest BCUT2D eigenvalue weighted by Gasteiger charge is -2.22. The third-order valence-electron chi connectivity index (χ3n) is 3.51. The number of ether oxygens (including phenoxy) is 2. The van der Waals surface area contributed by atoms with Crippen molar-refractivity contribution in [1.82, 2.24) is 0 Å². The molecule has 2 aromatic rings. The fourth-order valence-corrected chi connectivity index (χ4v) is 2.16. The first-order chi connectivity index (χ1) is 12.1. The molecule has 0 aliphatic rings. The number of aryl methyl sites for hydroxylation is 1. The summed E-state index contributed by atoms with van der Waals surface area (Å²) in [5, 5.41) is 0. The van der Waals surface area contributed by atoms with E-state index in [-0.39, 0.29) is 11.2 Å². The number of rotatable bonds is 5. The minimum atomic E-state index is -4.69. The van der Waals surface area contributed by atoms with E-state index >= 15 is 0 Å². The zero-order valence-corrected chi connectivity index (χ0v) is 15.0. The normalized spacial score (nSPS) is 11.5. The Morgan fingerprint density at radius 2 is 1.65 bits per heavy atom. The first kappa shape index (κ1) is 19.7. The van der Waals surface area contributed by atoms with Crippen molar-refractivity contribution >= 4 is 0 Å². The summed E-state index contributed by atoms with van der Waals surface area (Å²) in [5.74, 6) is 6.59. The largest absolute Gasteiger partial charge is 0.573 e. The van der Waals surface area contributed by atoms with Gasteiger partial charge in [0.1, 0.15) is 11.5 Å². The van der Waals surface area contributed by atoms with E-state index in [4.69, 9.17) is 4.74 Å². The van der Waals surface area contributed by atoms with Crippen molar-refractivity contribution in [2.24, 2.45) is 5.41 Å². The lowest BCUT2D eigenvalue weighted by Crippen LogP contribution is -2.20. The van der Waals surface area contributed by atoms with Gasteiger partial charge in [-0.2, -0.15) is 0 Å². The van der Waals surface area contributed by atoms with Gasteiger partial charge in [0.25, 0.3) is 0 Å². The molecule has 138 valence electrons. The zero-order chi connectivity index (χ0) is 19.2. The van der Waals surface area contributed by atoms with Gasteiger partial charge in [-0.1, -0.05) is 37.8 Å². The Balaban J connectivity index is 1.89. The molecule has 0 saturated carbocycles. The molecule has 0 unspecified atom stereocenters. The maximum atomic E-state index is 12.1. The number of hydrogen-bond acceptors (Lipinski definition) is 2. The Morgan fingerprint density at radius 1 is 0.962 bits per heavy atom. The highest BCUT2D eigenvalue weighted by Gasteiger charge is 2.30. The summed E-state index contributed by atoms with van der Waals surface area (Å²) < 4.78 is 46.1. The van der Waals surface area contributed by atoms with Crippen LogP contribution in [0.25, 0.3) is 0 Å². The van der Waals surface area contributed by atoms with Gasteiger partial charge in [-0.3, -0.25) is 0 Å². The van der Waals surface area contributed by atoms with Crippen LogP contribution >= 0.6 is 0 Å². The average Bonchev–Trinajstić information content (AvgIpc) is 2.53. The highest BCUT2D eigenvalue weighted by atomic mass is 19.4. The van der Waals surface area contributed by atoms with E-state index in [0.717, 1.165) is 11.3 Å². The standard InChI is InChI=1S/C21H21F3O2/c1-16-6-4-8-19(14-16)25-15-20(2,3)13-5-7-17-9-11-18(12-10-17)26-21(22,23)24/h4,6,8-12,14H,13,15H2,1-3H3. The van der Waals surface area contributed by atoms with E-state index in [9.17, 15) is 13.2 Å². The highest BCUT2D eigenvalue weighted by molar-refractivity contribution is 5.38. The second kappa shape index (κ2) is 8.18. The maximum Gasteiger partial charge on any atom is 0.573 e. The summed E-state index contributed by atoms with van der Waals surface area (Å²) in [5.41, 5.74) is 1.61. The second-order valence-corrected chi connectivity index (χ2v) is 6.82. The molecule has 0 aliphatic carbocycles. The molecule has 5 heteroatoms. The number of hydrogen-bond donors (Lipinski definition) is 0. The van der Waals surface area contributed by atoms with Crippen LogP contribution in [0.4, 0.5) is 13.2 Å². The van der Waals surface area contributed by atoms with Gasteiger partial charge in [0.2, 0.25) is 0 Å². The first-order valence-corrected chi connectivity index (χ1v) is 8.17. The van der Waals surface area contributed by atoms with Crippen LogP contribution in [-0.4, -0.2) is 13.0 Å². The van der Waals surface area contributed by atoms with Gasteiger partial charge in [-0.05, 0) is 48.9 Å². The van der Waals surface area contributed by atoms with E-state index in [0.29, 0.717) is 18.6 Å². The van der Waals surface area contributed by atoms with Crippen LogP contribution in [0.15, 0.2) is 48.5 Å². The molecule has 26 heavy (non-hydrogen) atoms. The maximum absolute atomic E-state index is 12.1. The van der Waals surface area contributed by atoms with Crippen LogP contribution in [0.1, 0.15) is 31.4 Å². The monoisotopic (exact) mass is 362 g/mol. The van der Waals surface area contributed by atoms with Gasteiger partial charge in [-0.15, -0.1) is 13.2 Å². The third-order valence-corrected chi connectivity index (χ3v) is 3.51. The fraction of sp³-hybridized carbons (Fsp3) is 0.333. The predicted octanol–water partition coefficient (Wildman–Crippen LogP) is 5.74. The Labute approximate surface area is 151 Å². The summed E-state index contributed by atoms with van der Waals surface area (Å²) in [6, 6.07) is 13.4. The Kier molecular flexibility index (Phi) is 6.20. The van der Waals surface area contributed by atoms with Crippen LogP contribution in [0.3, 0.4) is 0 Å². The van der Waals surface area contributed by atoms with Crippen LogP contribution in [0.2, 0.25) is 0 Å². The number of halogens is 3. The van der Waals surface area contributed by atoms with Crippen molar-refractivity contribution in [2.75, 3.05) is 6.61 Å². The van der Waals surface area contributed by atoms with Gasteiger partial charge in [0, 0.05) is 17.4 Å². The summed E-state index contributed by atoms with van der Waals surface area (Å²) in [4.78, 5) is 0. The van der Waals surface area contributed by atoms with Crippen molar-refractivity contribution < 1.29 is 22.6 Å². The summed E-state index contributed by atoms with van der Waals surface area (Å²) >= 11 is 0. The molecular weight excluding hydrogens is 341 g/mol. The fourth-order valence-electron chi connectivity index (χ4n) is 2.16. The molecule has 0 amide bonds. The van der Waals surface area contributed by atoms with Crippen molar-refractivity contribution in [3.05, 3.63) is 59.7 Å². The van der Waals surface area contributed by atoms with Crippen molar-refractivity contribution in [1.29, 1.82) is 0 Å². The molecule has 2 aromatic carbocycles. The van der Waals surface area contributed by atoms with E-state index in [1.165, 1.54) is 24.3 Å². The Hall–Kier alpha value is -2.61. The van der Waals surface area contributed by atoms with E-state index in [1.54, 1.807) is 0 Å². The molecular formula is C21H21F3O2. The molecule has 0 aromatic heterocycles.